The Morgan fingerprint density at radius 1 is 1.24 bits per heavy atom. The Hall–Kier alpha value is -3.62. The Balaban J connectivity index is 1.27. The molecule has 46 heavy (non-hydrogen) atoms. The highest BCUT2D eigenvalue weighted by atomic mass is 28.4. The first kappa shape index (κ1) is 32.3. The molecule has 246 valence electrons. The zero-order valence-corrected chi connectivity index (χ0v) is 27.9. The van der Waals surface area contributed by atoms with Crippen LogP contribution in [0.5, 0.6) is 5.75 Å². The number of hydrogen-bond donors (Lipinski definition) is 4. The molecule has 0 unspecified atom stereocenters. The summed E-state index contributed by atoms with van der Waals surface area (Å²) in [6.45, 7) is 7.50. The first-order valence-corrected chi connectivity index (χ1v) is 19.1. The summed E-state index contributed by atoms with van der Waals surface area (Å²) < 4.78 is 14.2. The van der Waals surface area contributed by atoms with Gasteiger partial charge in [-0.3, -0.25) is 14.3 Å². The Morgan fingerprint density at radius 2 is 2.02 bits per heavy atom. The van der Waals surface area contributed by atoms with E-state index in [0.29, 0.717) is 43.1 Å². The van der Waals surface area contributed by atoms with Crippen LogP contribution in [-0.2, 0) is 39.4 Å². The smallest absolute Gasteiger partial charge is 0.264 e. The van der Waals surface area contributed by atoms with Crippen molar-refractivity contribution in [2.75, 3.05) is 30.5 Å². The van der Waals surface area contributed by atoms with Gasteiger partial charge in [-0.2, -0.15) is 0 Å². The lowest BCUT2D eigenvalue weighted by Gasteiger charge is -2.32. The van der Waals surface area contributed by atoms with Gasteiger partial charge in [0, 0.05) is 48.5 Å². The number of hydrogen-bond acceptors (Lipinski definition) is 9. The Morgan fingerprint density at radius 3 is 2.70 bits per heavy atom. The van der Waals surface area contributed by atoms with Crippen LogP contribution in [-0.4, -0.2) is 77.4 Å². The van der Waals surface area contributed by atoms with Crippen LogP contribution in [0.15, 0.2) is 48.7 Å². The van der Waals surface area contributed by atoms with Crippen molar-refractivity contribution in [2.45, 2.75) is 82.1 Å². The molecule has 3 aliphatic rings. The van der Waals surface area contributed by atoms with E-state index in [2.05, 4.69) is 20.9 Å². The number of carbonyl (C=O) groups is 2. The number of carbonyl (C=O) groups excluding carboxylic acids is 2. The molecule has 13 heteroatoms. The average molecular weight is 649 g/mol. The van der Waals surface area contributed by atoms with Gasteiger partial charge in [0.2, 0.25) is 5.91 Å². The van der Waals surface area contributed by atoms with Crippen molar-refractivity contribution < 1.29 is 29.0 Å². The third kappa shape index (κ3) is 5.97. The number of ether oxygens (including phenoxy) is 2. The molecule has 0 radical (unpaired) electrons. The lowest BCUT2D eigenvalue weighted by molar-refractivity contribution is -0.146. The van der Waals surface area contributed by atoms with E-state index in [1.807, 2.05) is 68.7 Å². The van der Waals surface area contributed by atoms with Gasteiger partial charge in [-0.25, -0.2) is 0 Å². The van der Waals surface area contributed by atoms with Gasteiger partial charge in [0.05, 0.1) is 37.2 Å². The Kier molecular flexibility index (Phi) is 9.05. The number of anilines is 2. The van der Waals surface area contributed by atoms with E-state index in [0.717, 1.165) is 36.2 Å². The van der Waals surface area contributed by atoms with Crippen molar-refractivity contribution in [3.05, 3.63) is 65.5 Å². The molecule has 6 rings (SSSR count). The summed E-state index contributed by atoms with van der Waals surface area (Å²) in [4.78, 5) is 40.6. The summed E-state index contributed by atoms with van der Waals surface area (Å²) in [6, 6.07) is 13.1. The molecule has 2 saturated heterocycles. The highest BCUT2D eigenvalue weighted by Gasteiger charge is 2.66. The predicted octanol–water partition coefficient (Wildman–Crippen LogP) is 2.95. The van der Waals surface area contributed by atoms with Gasteiger partial charge < -0.3 is 34.9 Å². The van der Waals surface area contributed by atoms with E-state index in [-0.39, 0.29) is 35.9 Å². The fourth-order valence-corrected chi connectivity index (χ4v) is 10.2. The first-order valence-electron chi connectivity index (χ1n) is 16.1. The molecule has 1 aromatic heterocycles. The second kappa shape index (κ2) is 12.9. The molecule has 2 aromatic carbocycles. The predicted molar refractivity (Wildman–Crippen MR) is 175 cm³/mol. The van der Waals surface area contributed by atoms with Gasteiger partial charge in [0.25, 0.3) is 5.91 Å². The van der Waals surface area contributed by atoms with Gasteiger partial charge in [0.1, 0.15) is 5.75 Å². The van der Waals surface area contributed by atoms with E-state index in [9.17, 15) is 19.5 Å². The van der Waals surface area contributed by atoms with Gasteiger partial charge >= 0.3 is 0 Å². The minimum absolute atomic E-state index is 0.00281. The number of aliphatic hydroxyl groups is 1. The topological polar surface area (TPSA) is 151 Å². The van der Waals surface area contributed by atoms with Crippen LogP contribution in [0.1, 0.15) is 43.0 Å². The minimum Gasteiger partial charge on any atom is -0.497 e. The van der Waals surface area contributed by atoms with Crippen LogP contribution in [0.25, 0.3) is 0 Å². The first-order chi connectivity index (χ1) is 22.0. The molecule has 2 amide bonds. The molecule has 0 saturated carbocycles. The number of aromatic nitrogens is 3. The number of rotatable bonds is 11. The van der Waals surface area contributed by atoms with Crippen molar-refractivity contribution in [2.24, 2.45) is 5.92 Å². The zero-order chi connectivity index (χ0) is 32.6. The molecule has 4 N–H and O–H groups in total. The summed E-state index contributed by atoms with van der Waals surface area (Å²) in [7, 11) is -1.23. The van der Waals surface area contributed by atoms with Gasteiger partial charge in [-0.05, 0) is 74.8 Å². The molecular weight excluding hydrogens is 604 g/mol. The Labute approximate surface area is 270 Å². The van der Waals surface area contributed by atoms with Crippen molar-refractivity contribution >= 4 is 31.5 Å². The van der Waals surface area contributed by atoms with Gasteiger partial charge in [-0.1, -0.05) is 24.3 Å². The van der Waals surface area contributed by atoms with Gasteiger partial charge in [-0.15, -0.1) is 5.10 Å². The molecule has 4 heterocycles. The third-order valence-electron chi connectivity index (χ3n) is 9.73. The van der Waals surface area contributed by atoms with Crippen LogP contribution in [0.3, 0.4) is 0 Å². The molecular formula is C33H44N6O6Si. The maximum Gasteiger partial charge on any atom is 0.264 e. The van der Waals surface area contributed by atoms with E-state index in [1.54, 1.807) is 16.7 Å². The molecule has 12 nitrogen and oxygen atoms in total. The molecule has 0 bridgehead atoms. The number of nitrogens with one attached hydrogen (secondary N) is 2. The number of aryl methyl sites for hydroxylation is 1. The Bertz CT molecular complexity index is 1570. The lowest BCUT2D eigenvalue weighted by Crippen LogP contribution is -2.46. The maximum atomic E-state index is 14.7. The monoisotopic (exact) mass is 648 g/mol. The number of amides is 2. The number of fused-ring (bicyclic) bond motifs is 2. The fourth-order valence-electron chi connectivity index (χ4n) is 7.56. The van der Waals surface area contributed by atoms with Crippen molar-refractivity contribution in [1.82, 2.24) is 20.3 Å². The zero-order valence-electron chi connectivity index (χ0n) is 26.9. The molecule has 1 spiro atoms. The second-order valence-electron chi connectivity index (χ2n) is 13.2. The molecule has 3 aromatic rings. The summed E-state index contributed by atoms with van der Waals surface area (Å²) in [5.41, 5.74) is 2.30. The minimum atomic E-state index is -2.83. The highest BCUT2D eigenvalue weighted by Crippen LogP contribution is 2.60. The van der Waals surface area contributed by atoms with Crippen molar-refractivity contribution in [3.8, 4) is 5.75 Å². The van der Waals surface area contributed by atoms with Crippen LogP contribution < -0.4 is 20.3 Å². The normalized spacial score (nSPS) is 25.8. The number of aliphatic hydroxyl groups excluding tert-OH is 1. The van der Waals surface area contributed by atoms with Crippen LogP contribution in [0, 0.1) is 5.92 Å². The van der Waals surface area contributed by atoms with E-state index >= 15 is 0 Å². The van der Waals surface area contributed by atoms with Gasteiger partial charge in [0.15, 0.2) is 13.9 Å². The number of methoxy groups -OCH3 is 1. The standard InChI is InChI=1S/C33H44N6O6Si/c1-21-30(46(3,4)43)29(13-16-38-20-24(14-17-40)36-37-38)45-33(21)26-18-25(44-2)11-12-28(26)39(32(33)42)19-22-7-9-23(10-8-22)35-31(41)27-6-5-15-34-27/h7-12,18,20-21,27,29-30,34,40,43H,5-6,13-17,19H2,1-4H3,(H,35,41)/t21-,27+,29+,30-,33+/m0/s1. The number of nitrogens with zero attached hydrogens (tertiary/aromatic N) is 4. The highest BCUT2D eigenvalue weighted by molar-refractivity contribution is 6.71. The number of benzene rings is 2. The van der Waals surface area contributed by atoms with Crippen LogP contribution >= 0.6 is 0 Å². The summed E-state index contributed by atoms with van der Waals surface area (Å²) in [5, 5.41) is 23.8. The third-order valence-corrected chi connectivity index (χ3v) is 12.2. The van der Waals surface area contributed by atoms with Crippen LogP contribution in [0.2, 0.25) is 18.6 Å². The summed E-state index contributed by atoms with van der Waals surface area (Å²) in [5.74, 6) is 0.116. The molecule has 5 atom stereocenters. The second-order valence-corrected chi connectivity index (χ2v) is 17.2. The van der Waals surface area contributed by atoms with Crippen molar-refractivity contribution in [1.29, 1.82) is 0 Å². The average Bonchev–Trinajstić information content (AvgIpc) is 3.82. The van der Waals surface area contributed by atoms with E-state index in [4.69, 9.17) is 9.47 Å². The molecule has 3 aliphatic heterocycles. The van der Waals surface area contributed by atoms with E-state index < -0.39 is 20.0 Å². The SMILES string of the molecule is COc1ccc2c(c1)[C@@]1(O[C@H](CCn3cc(CCO)nn3)[C@@H]([Si](C)(C)O)[C@@H]1C)C(=O)N2Cc1ccc(NC(=O)[C@H]2CCCN2)cc1. The van der Waals surface area contributed by atoms with Crippen LogP contribution in [0.4, 0.5) is 11.4 Å². The maximum absolute atomic E-state index is 14.7. The largest absolute Gasteiger partial charge is 0.497 e. The quantitative estimate of drug-likeness (QED) is 0.230. The molecule has 2 fully saturated rings. The fraction of sp³-hybridized carbons (Fsp3) is 0.515. The summed E-state index contributed by atoms with van der Waals surface area (Å²) >= 11 is 0. The summed E-state index contributed by atoms with van der Waals surface area (Å²) in [6.07, 6.45) is 4.20. The lowest BCUT2D eigenvalue weighted by atomic mass is 9.82. The van der Waals surface area contributed by atoms with Crippen molar-refractivity contribution in [3.63, 3.8) is 0 Å². The van der Waals surface area contributed by atoms with E-state index in [1.165, 1.54) is 0 Å². The molecule has 0 aliphatic carbocycles.